The van der Waals surface area contributed by atoms with Crippen molar-refractivity contribution in [2.75, 3.05) is 12.8 Å². The molecule has 0 amide bonds. The van der Waals surface area contributed by atoms with Crippen LogP contribution in [0.4, 0.5) is 5.69 Å². The number of carbonyl (C=O) groups is 1. The van der Waals surface area contributed by atoms with Gasteiger partial charge in [-0.3, -0.25) is 4.79 Å². The molecule has 2 rings (SSSR count). The van der Waals surface area contributed by atoms with Crippen molar-refractivity contribution in [2.45, 2.75) is 0 Å². The Morgan fingerprint density at radius 2 is 1.59 bits per heavy atom. The van der Waals surface area contributed by atoms with Crippen LogP contribution in [0.25, 0.3) is 0 Å². The molecule has 0 saturated heterocycles. The SMILES string of the molecule is COc1ccccc1C(=O)c1ccccc1N. The molecular formula is C14H13NO2. The molecule has 0 fully saturated rings. The van der Waals surface area contributed by atoms with Crippen molar-refractivity contribution in [3.05, 3.63) is 59.7 Å². The first-order valence-corrected chi connectivity index (χ1v) is 5.26. The van der Waals surface area contributed by atoms with Crippen LogP contribution in [0.2, 0.25) is 0 Å². The maximum absolute atomic E-state index is 12.3. The number of hydrogen-bond acceptors (Lipinski definition) is 3. The predicted octanol–water partition coefficient (Wildman–Crippen LogP) is 2.51. The summed E-state index contributed by atoms with van der Waals surface area (Å²) >= 11 is 0. The molecule has 0 aliphatic heterocycles. The molecule has 0 bridgehead atoms. The van der Waals surface area contributed by atoms with E-state index in [0.29, 0.717) is 22.6 Å². The van der Waals surface area contributed by atoms with Crippen LogP contribution in [-0.2, 0) is 0 Å². The van der Waals surface area contributed by atoms with Crippen molar-refractivity contribution in [1.82, 2.24) is 0 Å². The number of anilines is 1. The van der Waals surface area contributed by atoms with Gasteiger partial charge in [-0.15, -0.1) is 0 Å². The summed E-state index contributed by atoms with van der Waals surface area (Å²) in [4.78, 5) is 12.3. The lowest BCUT2D eigenvalue weighted by atomic mass is 10.0. The highest BCUT2D eigenvalue weighted by Gasteiger charge is 2.15. The Hall–Kier alpha value is -2.29. The summed E-state index contributed by atoms with van der Waals surface area (Å²) in [5, 5.41) is 0. The molecule has 0 aliphatic rings. The van der Waals surface area contributed by atoms with E-state index in [9.17, 15) is 4.79 Å². The molecular weight excluding hydrogens is 214 g/mol. The van der Waals surface area contributed by atoms with E-state index in [1.165, 1.54) is 0 Å². The van der Waals surface area contributed by atoms with Gasteiger partial charge in [-0.2, -0.15) is 0 Å². The fourth-order valence-corrected chi connectivity index (χ4v) is 1.68. The molecule has 17 heavy (non-hydrogen) atoms. The van der Waals surface area contributed by atoms with Crippen LogP contribution in [0.5, 0.6) is 5.75 Å². The smallest absolute Gasteiger partial charge is 0.198 e. The van der Waals surface area contributed by atoms with Gasteiger partial charge in [-0.25, -0.2) is 0 Å². The van der Waals surface area contributed by atoms with Gasteiger partial charge in [0.05, 0.1) is 12.7 Å². The van der Waals surface area contributed by atoms with Gasteiger partial charge < -0.3 is 10.5 Å². The lowest BCUT2D eigenvalue weighted by molar-refractivity contribution is 0.103. The number of para-hydroxylation sites is 2. The van der Waals surface area contributed by atoms with E-state index in [1.54, 1.807) is 49.6 Å². The third-order valence-electron chi connectivity index (χ3n) is 2.56. The molecule has 0 unspecified atom stereocenters. The van der Waals surface area contributed by atoms with Crippen molar-refractivity contribution in [3.63, 3.8) is 0 Å². The molecule has 0 aliphatic carbocycles. The topological polar surface area (TPSA) is 52.3 Å². The lowest BCUT2D eigenvalue weighted by Gasteiger charge is -2.08. The Morgan fingerprint density at radius 1 is 1.00 bits per heavy atom. The molecule has 2 aromatic rings. The van der Waals surface area contributed by atoms with Crippen LogP contribution < -0.4 is 10.5 Å². The van der Waals surface area contributed by atoms with Gasteiger partial charge in [0, 0.05) is 11.3 Å². The maximum Gasteiger partial charge on any atom is 0.198 e. The monoisotopic (exact) mass is 227 g/mol. The largest absolute Gasteiger partial charge is 0.496 e. The number of nitrogens with two attached hydrogens (primary N) is 1. The Labute approximate surface area is 99.8 Å². The molecule has 2 aromatic carbocycles. The van der Waals surface area contributed by atoms with E-state index < -0.39 is 0 Å². The average molecular weight is 227 g/mol. The first-order valence-electron chi connectivity index (χ1n) is 5.26. The molecule has 2 N–H and O–H groups in total. The number of hydrogen-bond donors (Lipinski definition) is 1. The molecule has 3 heteroatoms. The Kier molecular flexibility index (Phi) is 3.10. The number of rotatable bonds is 3. The second kappa shape index (κ2) is 4.70. The van der Waals surface area contributed by atoms with E-state index >= 15 is 0 Å². The summed E-state index contributed by atoms with van der Waals surface area (Å²) < 4.78 is 5.17. The second-order valence-corrected chi connectivity index (χ2v) is 3.62. The maximum atomic E-state index is 12.3. The fraction of sp³-hybridized carbons (Fsp3) is 0.0714. The predicted molar refractivity (Wildman–Crippen MR) is 67.3 cm³/mol. The minimum Gasteiger partial charge on any atom is -0.496 e. The summed E-state index contributed by atoms with van der Waals surface area (Å²) in [7, 11) is 1.54. The summed E-state index contributed by atoms with van der Waals surface area (Å²) in [6.45, 7) is 0. The van der Waals surface area contributed by atoms with Gasteiger partial charge in [-0.05, 0) is 24.3 Å². The summed E-state index contributed by atoms with van der Waals surface area (Å²) in [6, 6.07) is 14.1. The van der Waals surface area contributed by atoms with Crippen LogP contribution in [-0.4, -0.2) is 12.9 Å². The number of ketones is 1. The van der Waals surface area contributed by atoms with Gasteiger partial charge in [0.2, 0.25) is 0 Å². The Morgan fingerprint density at radius 3 is 2.24 bits per heavy atom. The highest BCUT2D eigenvalue weighted by atomic mass is 16.5. The molecule has 0 saturated carbocycles. The molecule has 3 nitrogen and oxygen atoms in total. The Balaban J connectivity index is 2.48. The lowest BCUT2D eigenvalue weighted by Crippen LogP contribution is -2.06. The molecule has 0 atom stereocenters. The number of nitrogen functional groups attached to an aromatic ring is 1. The number of carbonyl (C=O) groups excluding carboxylic acids is 1. The van der Waals surface area contributed by atoms with Gasteiger partial charge in [0.25, 0.3) is 0 Å². The summed E-state index contributed by atoms with van der Waals surface area (Å²) in [6.07, 6.45) is 0. The number of ether oxygens (including phenoxy) is 1. The van der Waals surface area contributed by atoms with Crippen molar-refractivity contribution in [3.8, 4) is 5.75 Å². The van der Waals surface area contributed by atoms with Crippen LogP contribution in [0, 0.1) is 0 Å². The Bertz CT molecular complexity index is 549. The van der Waals surface area contributed by atoms with Crippen LogP contribution in [0.15, 0.2) is 48.5 Å². The van der Waals surface area contributed by atoms with Crippen molar-refractivity contribution < 1.29 is 9.53 Å². The van der Waals surface area contributed by atoms with Crippen LogP contribution >= 0.6 is 0 Å². The van der Waals surface area contributed by atoms with E-state index in [2.05, 4.69) is 0 Å². The first kappa shape index (κ1) is 11.2. The zero-order valence-corrected chi connectivity index (χ0v) is 9.51. The van der Waals surface area contributed by atoms with Crippen molar-refractivity contribution in [2.24, 2.45) is 0 Å². The average Bonchev–Trinajstić information content (AvgIpc) is 2.38. The highest BCUT2D eigenvalue weighted by molar-refractivity contribution is 6.13. The zero-order chi connectivity index (χ0) is 12.3. The summed E-state index contributed by atoms with van der Waals surface area (Å²) in [5.74, 6) is 0.432. The standard InChI is InChI=1S/C14H13NO2/c1-17-13-9-5-3-7-11(13)14(16)10-6-2-4-8-12(10)15/h2-9H,15H2,1H3. The zero-order valence-electron chi connectivity index (χ0n) is 9.51. The minimum absolute atomic E-state index is 0.124. The van der Waals surface area contributed by atoms with Gasteiger partial charge in [-0.1, -0.05) is 24.3 Å². The molecule has 0 radical (unpaired) electrons. The second-order valence-electron chi connectivity index (χ2n) is 3.62. The van der Waals surface area contributed by atoms with E-state index in [4.69, 9.17) is 10.5 Å². The fourth-order valence-electron chi connectivity index (χ4n) is 1.68. The van der Waals surface area contributed by atoms with E-state index in [0.717, 1.165) is 0 Å². The van der Waals surface area contributed by atoms with Crippen LogP contribution in [0.3, 0.4) is 0 Å². The van der Waals surface area contributed by atoms with E-state index in [1.807, 2.05) is 6.07 Å². The van der Waals surface area contributed by atoms with Crippen molar-refractivity contribution >= 4 is 11.5 Å². The van der Waals surface area contributed by atoms with Gasteiger partial charge in [0.1, 0.15) is 5.75 Å². The third kappa shape index (κ3) is 2.13. The molecule has 0 aromatic heterocycles. The molecule has 0 spiro atoms. The number of benzene rings is 2. The van der Waals surface area contributed by atoms with Gasteiger partial charge in [0.15, 0.2) is 5.78 Å². The van der Waals surface area contributed by atoms with Gasteiger partial charge >= 0.3 is 0 Å². The van der Waals surface area contributed by atoms with Crippen LogP contribution in [0.1, 0.15) is 15.9 Å². The molecule has 86 valence electrons. The number of methoxy groups -OCH3 is 1. The summed E-state index contributed by atoms with van der Waals surface area (Å²) in [5.41, 5.74) is 7.28. The minimum atomic E-state index is -0.124. The normalized spacial score (nSPS) is 9.94. The molecule has 0 heterocycles. The highest BCUT2D eigenvalue weighted by Crippen LogP contribution is 2.23. The quantitative estimate of drug-likeness (QED) is 0.647. The van der Waals surface area contributed by atoms with Crippen molar-refractivity contribution in [1.29, 1.82) is 0 Å². The first-order chi connectivity index (χ1) is 8.24. The van der Waals surface area contributed by atoms with E-state index in [-0.39, 0.29) is 5.78 Å². The third-order valence-corrected chi connectivity index (χ3v) is 2.56.